The highest BCUT2D eigenvalue weighted by molar-refractivity contribution is 5.76. The summed E-state index contributed by atoms with van der Waals surface area (Å²) in [4.78, 5) is 123. The molecule has 0 aromatic rings. The average molecular weight is 923 g/mol. The van der Waals surface area contributed by atoms with Gasteiger partial charge in [0.25, 0.3) is 0 Å². The van der Waals surface area contributed by atoms with Gasteiger partial charge in [-0.1, -0.05) is 6.42 Å². The Labute approximate surface area is 368 Å². The molecule has 2 heterocycles. The molecule has 0 aliphatic carbocycles. The second-order valence-electron chi connectivity index (χ2n) is 14.3. The molecule has 362 valence electrons. The normalized spacial score (nSPS) is 25.0. The van der Waals surface area contributed by atoms with E-state index in [-0.39, 0.29) is 39.3 Å². The number of hydrogen-bond donors (Lipinski definition) is 2. The van der Waals surface area contributed by atoms with Gasteiger partial charge in [-0.25, -0.2) is 4.79 Å². The van der Waals surface area contributed by atoms with Gasteiger partial charge in [0.15, 0.2) is 49.2 Å². The largest absolute Gasteiger partial charge is 0.465 e. The summed E-state index contributed by atoms with van der Waals surface area (Å²) in [5.41, 5.74) is 0. The molecule has 0 saturated carbocycles. The fourth-order valence-electron chi connectivity index (χ4n) is 6.50. The summed E-state index contributed by atoms with van der Waals surface area (Å²) in [6, 6.07) is 0. The Kier molecular flexibility index (Phi) is 23.4. The van der Waals surface area contributed by atoms with Crippen LogP contribution in [0.2, 0.25) is 0 Å². The predicted octanol–water partition coefficient (Wildman–Crippen LogP) is -0.158. The molecule has 0 bridgehead atoms. The fraction of sp³-hybridized carbons (Fsp3) is 0.744. The highest BCUT2D eigenvalue weighted by Gasteiger charge is 2.54. The maximum atomic E-state index is 13.7. The highest BCUT2D eigenvalue weighted by atomic mass is 16.7. The van der Waals surface area contributed by atoms with Crippen molar-refractivity contribution in [2.75, 3.05) is 46.1 Å². The Morgan fingerprint density at radius 2 is 0.844 bits per heavy atom. The van der Waals surface area contributed by atoms with Crippen molar-refractivity contribution < 1.29 is 110 Å². The Balaban J connectivity index is 2.42. The van der Waals surface area contributed by atoms with Gasteiger partial charge < -0.3 is 72.2 Å². The lowest BCUT2D eigenvalue weighted by molar-refractivity contribution is -0.309. The van der Waals surface area contributed by atoms with Crippen LogP contribution in [0.1, 0.15) is 81.1 Å². The van der Waals surface area contributed by atoms with E-state index in [1.54, 1.807) is 0 Å². The summed E-state index contributed by atoms with van der Waals surface area (Å²) in [5.74, 6) is -7.03. The molecule has 25 nitrogen and oxygen atoms in total. The number of rotatable bonds is 24. The molecule has 2 fully saturated rings. The molecule has 0 aromatic heterocycles. The van der Waals surface area contributed by atoms with Gasteiger partial charge in [0.1, 0.15) is 25.4 Å². The molecule has 0 unspecified atom stereocenters. The molecule has 64 heavy (non-hydrogen) atoms. The average Bonchev–Trinajstić information content (AvgIpc) is 3.16. The molecular weight excluding hydrogens is 864 g/mol. The number of carboxylic acid groups (broad SMARTS) is 1. The lowest BCUT2D eigenvalue weighted by atomic mass is 9.98. The summed E-state index contributed by atoms with van der Waals surface area (Å²) < 4.78 is 66.6. The van der Waals surface area contributed by atoms with Crippen molar-refractivity contribution in [2.45, 2.75) is 142 Å². The van der Waals surface area contributed by atoms with Gasteiger partial charge in [-0.15, -0.1) is 0 Å². The van der Waals surface area contributed by atoms with Crippen molar-refractivity contribution >= 4 is 59.8 Å². The van der Waals surface area contributed by atoms with Gasteiger partial charge in [-0.05, 0) is 12.8 Å². The Morgan fingerprint density at radius 3 is 1.19 bits per heavy atom. The van der Waals surface area contributed by atoms with E-state index < -0.39 is 134 Å². The Bertz CT molecular complexity index is 1540. The van der Waals surface area contributed by atoms with Gasteiger partial charge in [0.05, 0.1) is 13.2 Å². The van der Waals surface area contributed by atoms with E-state index in [4.69, 9.17) is 61.9 Å². The summed E-state index contributed by atoms with van der Waals surface area (Å²) >= 11 is 0. The van der Waals surface area contributed by atoms with Crippen LogP contribution in [-0.4, -0.2) is 177 Å². The van der Waals surface area contributed by atoms with Crippen LogP contribution in [0.25, 0.3) is 0 Å². The molecule has 0 spiro atoms. The molecule has 2 aliphatic rings. The summed E-state index contributed by atoms with van der Waals surface area (Å²) in [6.07, 6.45) is -14.8. The van der Waals surface area contributed by atoms with Crippen LogP contribution in [0.4, 0.5) is 4.79 Å². The topological polar surface area (TPSA) is 317 Å². The number of carbonyl (C=O) groups excluding carboxylic acids is 9. The smallest absolute Gasteiger partial charge is 0.404 e. The van der Waals surface area contributed by atoms with E-state index in [0.29, 0.717) is 19.3 Å². The third-order valence-electron chi connectivity index (χ3n) is 8.88. The van der Waals surface area contributed by atoms with Crippen LogP contribution in [0.5, 0.6) is 0 Å². The predicted molar refractivity (Wildman–Crippen MR) is 207 cm³/mol. The van der Waals surface area contributed by atoms with Crippen molar-refractivity contribution in [3.05, 3.63) is 0 Å². The van der Waals surface area contributed by atoms with E-state index >= 15 is 0 Å². The molecular formula is C39H58N2O23. The third-order valence-corrected chi connectivity index (χ3v) is 8.88. The van der Waals surface area contributed by atoms with Crippen molar-refractivity contribution in [3.63, 3.8) is 0 Å². The minimum Gasteiger partial charge on any atom is -0.465 e. The maximum absolute atomic E-state index is 13.7. The van der Waals surface area contributed by atoms with Gasteiger partial charge in [-0.2, -0.15) is 0 Å². The number of amides is 2. The number of unbranched alkanes of at least 4 members (excludes halogenated alkanes) is 2. The molecule has 25 heteroatoms. The number of nitrogens with one attached hydrogen (secondary N) is 1. The number of hydrogen-bond acceptors (Lipinski definition) is 22. The van der Waals surface area contributed by atoms with Gasteiger partial charge >= 0.3 is 53.8 Å². The molecule has 2 amide bonds. The SMILES string of the molecule is CC(=O)OC[C@H]1O[C@H](OCCN(CCO[C@H]2O[C@H](COC(C)=O)[C@@H](OC(C)=O)[C@H](OC(C)=O)[C@@H]2OC(C)=O)C(=O)CCCCCNC(=O)O)[C@@H](OC(C)=O)[C@@H](OC(C)=O)[C@@H]1OC(C)=O. The number of nitrogens with zero attached hydrogens (tertiary/aromatic N) is 1. The zero-order valence-corrected chi connectivity index (χ0v) is 36.9. The summed E-state index contributed by atoms with van der Waals surface area (Å²) in [5, 5.41) is 11.1. The van der Waals surface area contributed by atoms with E-state index in [1.807, 2.05) is 0 Å². The molecule has 0 radical (unpaired) electrons. The van der Waals surface area contributed by atoms with Crippen LogP contribution in [0.3, 0.4) is 0 Å². The van der Waals surface area contributed by atoms with Gasteiger partial charge in [0, 0.05) is 81.4 Å². The number of ether oxygens (including phenoxy) is 12. The Morgan fingerprint density at radius 1 is 0.484 bits per heavy atom. The first-order valence-electron chi connectivity index (χ1n) is 20.2. The molecule has 10 atom stereocenters. The fourth-order valence-corrected chi connectivity index (χ4v) is 6.50. The molecule has 2 rings (SSSR count). The van der Waals surface area contributed by atoms with Crippen LogP contribution < -0.4 is 5.32 Å². The van der Waals surface area contributed by atoms with E-state index in [2.05, 4.69) is 5.32 Å². The van der Waals surface area contributed by atoms with Crippen molar-refractivity contribution in [1.29, 1.82) is 0 Å². The first-order valence-corrected chi connectivity index (χ1v) is 20.2. The second kappa shape index (κ2) is 27.5. The monoisotopic (exact) mass is 922 g/mol. The van der Waals surface area contributed by atoms with Crippen LogP contribution in [0.15, 0.2) is 0 Å². The lowest BCUT2D eigenvalue weighted by Crippen LogP contribution is -2.63. The highest BCUT2D eigenvalue weighted by Crippen LogP contribution is 2.31. The van der Waals surface area contributed by atoms with Crippen LogP contribution >= 0.6 is 0 Å². The van der Waals surface area contributed by atoms with E-state index in [9.17, 15) is 47.9 Å². The first kappa shape index (κ1) is 54.5. The van der Waals surface area contributed by atoms with E-state index in [0.717, 1.165) is 55.4 Å². The van der Waals surface area contributed by atoms with Gasteiger partial charge in [-0.3, -0.25) is 43.2 Å². The molecule has 0 aromatic carbocycles. The minimum absolute atomic E-state index is 0.0365. The molecule has 2 N–H and O–H groups in total. The van der Waals surface area contributed by atoms with Crippen molar-refractivity contribution in [1.82, 2.24) is 10.2 Å². The zero-order chi connectivity index (χ0) is 48.1. The standard InChI is InChI=1S/C39H58N2O23/c1-20(42)55-18-28-31(57-22(3)44)33(59-24(5)46)35(61-26(7)48)37(63-28)53-16-14-41(30(50)12-10-9-11-13-40-39(51)52)15-17-54-38-36(62-27(8)49)34(60-25(6)47)32(58-23(4)45)29(64-38)19-56-21(2)43/h28-29,31-38,40H,9-19H2,1-8H3,(H,51,52)/t28-,29-,31-,32-,33+,34+,35+,36+,37+,38+/m1/s1. The van der Waals surface area contributed by atoms with Crippen LogP contribution in [0, 0.1) is 0 Å². The first-order chi connectivity index (χ1) is 30.1. The number of carbonyl (C=O) groups is 10. The zero-order valence-electron chi connectivity index (χ0n) is 36.9. The number of esters is 8. The minimum atomic E-state index is -1.56. The quantitative estimate of drug-likeness (QED) is 0.0722. The van der Waals surface area contributed by atoms with Crippen molar-refractivity contribution in [2.24, 2.45) is 0 Å². The third kappa shape index (κ3) is 19.8. The Hall–Kier alpha value is -5.66. The summed E-state index contributed by atoms with van der Waals surface area (Å²) in [6.45, 7) is 6.55. The summed E-state index contributed by atoms with van der Waals surface area (Å²) in [7, 11) is 0. The second-order valence-corrected chi connectivity index (χ2v) is 14.3. The maximum Gasteiger partial charge on any atom is 0.404 e. The van der Waals surface area contributed by atoms with Gasteiger partial charge in [0.2, 0.25) is 5.91 Å². The molecule has 2 aliphatic heterocycles. The molecule has 2 saturated heterocycles. The lowest BCUT2D eigenvalue weighted by Gasteiger charge is -2.44. The van der Waals surface area contributed by atoms with E-state index in [1.165, 1.54) is 4.90 Å². The van der Waals surface area contributed by atoms with Crippen molar-refractivity contribution in [3.8, 4) is 0 Å². The van der Waals surface area contributed by atoms with Crippen LogP contribution in [-0.2, 0) is 100.0 Å².